The molecule has 0 radical (unpaired) electrons. The number of hydrogen-bond acceptors (Lipinski definition) is 5. The third-order valence-electron chi connectivity index (χ3n) is 4.71. The number of nitrogens with one attached hydrogen (secondary N) is 1. The molecule has 1 amide bonds. The van der Waals surface area contributed by atoms with E-state index in [9.17, 15) is 9.00 Å². The van der Waals surface area contributed by atoms with E-state index in [-0.39, 0.29) is 5.91 Å². The topological polar surface area (TPSA) is 78.9 Å². The molecule has 1 saturated heterocycles. The van der Waals surface area contributed by atoms with Crippen LogP contribution in [-0.4, -0.2) is 47.9 Å². The van der Waals surface area contributed by atoms with Crippen LogP contribution in [0.25, 0.3) is 0 Å². The van der Waals surface area contributed by atoms with Crippen LogP contribution in [-0.2, 0) is 26.8 Å². The van der Waals surface area contributed by atoms with Crippen molar-refractivity contribution >= 4 is 22.4 Å². The molecule has 1 fully saturated rings. The summed E-state index contributed by atoms with van der Waals surface area (Å²) in [6.45, 7) is 9.43. The van der Waals surface area contributed by atoms with Crippen molar-refractivity contribution in [2.45, 2.75) is 44.9 Å². The minimum absolute atomic E-state index is 0.329. The van der Waals surface area contributed by atoms with Crippen LogP contribution in [0.1, 0.15) is 37.8 Å². The van der Waals surface area contributed by atoms with Crippen LogP contribution in [0.15, 0.2) is 53.4 Å². The fourth-order valence-corrected chi connectivity index (χ4v) is 3.87. The van der Waals surface area contributed by atoms with E-state index in [1.54, 1.807) is 11.7 Å². The Morgan fingerprint density at radius 1 is 1.10 bits per heavy atom. The standard InChI is InChI=1S/C14H20N2O3.C8H10OS.C2H6/c17-14(15-18)3-1-2-12-4-6-13(7-5-12)16-8-10-19-11-9-16;1-7-5-3-4-6-8(7)10(2)9;1-2/h4-7,18H,1-3,8-11H2,(H,15,17);3-6H,1-2H3;1-2H3. The molecule has 0 aliphatic carbocycles. The van der Waals surface area contributed by atoms with Gasteiger partial charge in [-0.05, 0) is 49.1 Å². The van der Waals surface area contributed by atoms with Crippen LogP contribution >= 0.6 is 0 Å². The zero-order chi connectivity index (χ0) is 23.1. The molecule has 1 atom stereocenters. The van der Waals surface area contributed by atoms with E-state index in [2.05, 4.69) is 29.2 Å². The third kappa shape index (κ3) is 10.1. The Balaban J connectivity index is 0.000000337. The summed E-state index contributed by atoms with van der Waals surface area (Å²) in [5, 5.41) is 8.40. The molecule has 6 nitrogen and oxygen atoms in total. The maximum absolute atomic E-state index is 11.0. The van der Waals surface area contributed by atoms with Crippen LogP contribution in [0.5, 0.6) is 0 Å². The van der Waals surface area contributed by atoms with Crippen molar-refractivity contribution in [1.29, 1.82) is 0 Å². The molecular formula is C24H36N2O4S. The van der Waals surface area contributed by atoms with Gasteiger partial charge in [-0.1, -0.05) is 44.2 Å². The number of rotatable bonds is 6. The first kappa shape index (κ1) is 26.8. The van der Waals surface area contributed by atoms with Gasteiger partial charge in [-0.25, -0.2) is 5.48 Å². The van der Waals surface area contributed by atoms with Crippen molar-refractivity contribution in [1.82, 2.24) is 5.48 Å². The van der Waals surface area contributed by atoms with Crippen molar-refractivity contribution in [3.63, 3.8) is 0 Å². The van der Waals surface area contributed by atoms with Crippen LogP contribution in [0.2, 0.25) is 0 Å². The van der Waals surface area contributed by atoms with Gasteiger partial charge in [0.2, 0.25) is 5.91 Å². The van der Waals surface area contributed by atoms with Gasteiger partial charge < -0.3 is 9.64 Å². The lowest BCUT2D eigenvalue weighted by Crippen LogP contribution is -2.36. The van der Waals surface area contributed by atoms with E-state index in [1.807, 2.05) is 45.0 Å². The summed E-state index contributed by atoms with van der Waals surface area (Å²) in [7, 11) is -0.841. The number of amides is 1. The van der Waals surface area contributed by atoms with Crippen LogP contribution in [0, 0.1) is 6.92 Å². The number of carbonyl (C=O) groups is 1. The van der Waals surface area contributed by atoms with Crippen molar-refractivity contribution in [2.24, 2.45) is 0 Å². The molecule has 7 heteroatoms. The highest BCUT2D eigenvalue weighted by Gasteiger charge is 2.10. The van der Waals surface area contributed by atoms with E-state index in [0.717, 1.165) is 49.6 Å². The number of ether oxygens (including phenoxy) is 1. The minimum Gasteiger partial charge on any atom is -0.378 e. The highest BCUT2D eigenvalue weighted by atomic mass is 32.2. The normalized spacial score (nSPS) is 13.8. The minimum atomic E-state index is -0.841. The van der Waals surface area contributed by atoms with Gasteiger partial charge in [-0.3, -0.25) is 14.2 Å². The van der Waals surface area contributed by atoms with Crippen molar-refractivity contribution in [2.75, 3.05) is 37.5 Å². The lowest BCUT2D eigenvalue weighted by molar-refractivity contribution is -0.129. The molecule has 0 bridgehead atoms. The first-order valence-electron chi connectivity index (χ1n) is 10.7. The van der Waals surface area contributed by atoms with Gasteiger partial charge >= 0.3 is 0 Å². The lowest BCUT2D eigenvalue weighted by atomic mass is 10.1. The molecule has 2 aromatic rings. The molecule has 0 aromatic heterocycles. The van der Waals surface area contributed by atoms with Gasteiger partial charge in [0.15, 0.2) is 0 Å². The summed E-state index contributed by atoms with van der Waals surface area (Å²) in [4.78, 5) is 14.1. The number of carbonyl (C=O) groups excluding carboxylic acids is 1. The lowest BCUT2D eigenvalue weighted by Gasteiger charge is -2.28. The average Bonchev–Trinajstić information content (AvgIpc) is 2.82. The fraction of sp³-hybridized carbons (Fsp3) is 0.458. The van der Waals surface area contributed by atoms with Gasteiger partial charge in [0, 0.05) is 36.3 Å². The molecule has 2 N–H and O–H groups in total. The van der Waals surface area contributed by atoms with Gasteiger partial charge in [0.05, 0.1) is 24.0 Å². The van der Waals surface area contributed by atoms with E-state index in [0.29, 0.717) is 6.42 Å². The first-order valence-corrected chi connectivity index (χ1v) is 12.3. The number of hydroxylamine groups is 1. The Labute approximate surface area is 189 Å². The number of hydrogen-bond donors (Lipinski definition) is 2. The second kappa shape index (κ2) is 15.6. The molecule has 2 aromatic carbocycles. The van der Waals surface area contributed by atoms with Gasteiger partial charge in [-0.2, -0.15) is 0 Å². The molecule has 31 heavy (non-hydrogen) atoms. The number of aryl methyl sites for hydroxylation is 2. The van der Waals surface area contributed by atoms with Gasteiger partial charge in [0.25, 0.3) is 0 Å². The third-order valence-corrected chi connectivity index (χ3v) is 5.79. The zero-order valence-corrected chi connectivity index (χ0v) is 19.9. The average molecular weight is 449 g/mol. The SMILES string of the molecule is CC.Cc1ccccc1S(C)=O.O=C(CCCc1ccc(N2CCOCC2)cc1)NO. The zero-order valence-electron chi connectivity index (χ0n) is 19.1. The summed E-state index contributed by atoms with van der Waals surface area (Å²) in [6, 6.07) is 16.2. The predicted molar refractivity (Wildman–Crippen MR) is 127 cm³/mol. The molecular weight excluding hydrogens is 412 g/mol. The molecule has 0 saturated carbocycles. The molecule has 3 rings (SSSR count). The molecule has 0 spiro atoms. The number of morpholine rings is 1. The summed E-state index contributed by atoms with van der Waals surface area (Å²) in [5.74, 6) is -0.329. The number of benzene rings is 2. The Hall–Kier alpha value is -2.22. The Bertz CT molecular complexity index is 790. The number of nitrogens with zero attached hydrogens (tertiary/aromatic N) is 1. The smallest absolute Gasteiger partial charge is 0.243 e. The first-order chi connectivity index (χ1) is 15.0. The van der Waals surface area contributed by atoms with Gasteiger partial charge in [0.1, 0.15) is 0 Å². The highest BCUT2D eigenvalue weighted by Crippen LogP contribution is 2.17. The Morgan fingerprint density at radius 2 is 1.71 bits per heavy atom. The van der Waals surface area contributed by atoms with E-state index in [1.165, 1.54) is 11.3 Å². The monoisotopic (exact) mass is 448 g/mol. The summed E-state index contributed by atoms with van der Waals surface area (Å²) in [5.41, 5.74) is 5.18. The van der Waals surface area contributed by atoms with Crippen LogP contribution in [0.4, 0.5) is 5.69 Å². The maximum Gasteiger partial charge on any atom is 0.243 e. The summed E-state index contributed by atoms with van der Waals surface area (Å²) in [6.07, 6.45) is 3.63. The molecule has 1 aliphatic rings. The van der Waals surface area contributed by atoms with Crippen molar-refractivity contribution in [3.05, 3.63) is 59.7 Å². The Morgan fingerprint density at radius 3 is 2.23 bits per heavy atom. The van der Waals surface area contributed by atoms with Gasteiger partial charge in [-0.15, -0.1) is 0 Å². The predicted octanol–water partition coefficient (Wildman–Crippen LogP) is 4.11. The van der Waals surface area contributed by atoms with E-state index < -0.39 is 10.8 Å². The second-order valence-corrected chi connectivity index (χ2v) is 8.22. The number of anilines is 1. The van der Waals surface area contributed by atoms with Crippen LogP contribution in [0.3, 0.4) is 0 Å². The molecule has 1 heterocycles. The summed E-state index contributed by atoms with van der Waals surface area (Å²) < 4.78 is 16.3. The molecule has 172 valence electrons. The highest BCUT2D eigenvalue weighted by molar-refractivity contribution is 7.84. The summed E-state index contributed by atoms with van der Waals surface area (Å²) >= 11 is 0. The fourth-order valence-electron chi connectivity index (χ4n) is 3.08. The van der Waals surface area contributed by atoms with Crippen molar-refractivity contribution in [3.8, 4) is 0 Å². The molecule has 1 aliphatic heterocycles. The van der Waals surface area contributed by atoms with E-state index in [4.69, 9.17) is 9.94 Å². The van der Waals surface area contributed by atoms with E-state index >= 15 is 0 Å². The van der Waals surface area contributed by atoms with Crippen LogP contribution < -0.4 is 10.4 Å². The van der Waals surface area contributed by atoms with Crippen molar-refractivity contribution < 1.29 is 18.9 Å². The Kier molecular flexibility index (Phi) is 13.5. The quantitative estimate of drug-likeness (QED) is 0.514. The maximum atomic E-state index is 11.0. The molecule has 1 unspecified atom stereocenters. The second-order valence-electron chi connectivity index (χ2n) is 6.87. The largest absolute Gasteiger partial charge is 0.378 e.